The van der Waals surface area contributed by atoms with Crippen LogP contribution in [-0.2, 0) is 0 Å². The van der Waals surface area contributed by atoms with Crippen LogP contribution in [0.3, 0.4) is 0 Å². The molecule has 0 aliphatic carbocycles. The van der Waals surface area contributed by atoms with Crippen molar-refractivity contribution in [3.8, 4) is 11.6 Å². The summed E-state index contributed by atoms with van der Waals surface area (Å²) in [5.74, 6) is 0.0236. The van der Waals surface area contributed by atoms with E-state index < -0.39 is 4.92 Å². The maximum atomic E-state index is 13.1. The Morgan fingerprint density at radius 1 is 1.42 bits per heavy atom. The Hall–Kier alpha value is -2.21. The number of aromatic nitrogens is 1. The molecular weight excluding hydrogens is 275 g/mol. The summed E-state index contributed by atoms with van der Waals surface area (Å²) >= 11 is 5.83. The average molecular weight is 283 g/mol. The Balaban J connectivity index is 2.28. The van der Waals surface area contributed by atoms with Gasteiger partial charge in [-0.2, -0.15) is 0 Å². The maximum absolute atomic E-state index is 13.1. The van der Waals surface area contributed by atoms with Gasteiger partial charge < -0.3 is 4.74 Å². The quantitative estimate of drug-likeness (QED) is 0.633. The molecule has 0 N–H and O–H groups in total. The molecule has 19 heavy (non-hydrogen) atoms. The highest BCUT2D eigenvalue weighted by molar-refractivity contribution is 6.32. The number of halogens is 2. The second-order valence-electron chi connectivity index (χ2n) is 3.75. The van der Waals surface area contributed by atoms with E-state index in [9.17, 15) is 14.5 Å². The minimum absolute atomic E-state index is 0.0104. The molecule has 0 aliphatic heterocycles. The van der Waals surface area contributed by atoms with E-state index in [1.807, 2.05) is 0 Å². The molecule has 0 fully saturated rings. The Morgan fingerprint density at radius 2 is 2.16 bits per heavy atom. The highest BCUT2D eigenvalue weighted by Crippen LogP contribution is 2.30. The first-order chi connectivity index (χ1) is 8.97. The number of nitro groups is 1. The van der Waals surface area contributed by atoms with Crippen molar-refractivity contribution in [3.63, 3.8) is 0 Å². The molecular formula is C12H8ClFN2O3. The minimum atomic E-state index is -0.606. The van der Waals surface area contributed by atoms with E-state index in [1.54, 1.807) is 6.92 Å². The third kappa shape index (κ3) is 2.97. The second kappa shape index (κ2) is 5.19. The van der Waals surface area contributed by atoms with Gasteiger partial charge in [-0.25, -0.2) is 9.37 Å². The number of nitrogens with zero attached hydrogens (tertiary/aromatic N) is 2. The zero-order chi connectivity index (χ0) is 14.0. The molecule has 1 heterocycles. The second-order valence-corrected chi connectivity index (χ2v) is 4.16. The van der Waals surface area contributed by atoms with E-state index in [4.69, 9.17) is 16.3 Å². The predicted octanol–water partition coefficient (Wildman–Crippen LogP) is 3.88. The molecule has 0 unspecified atom stereocenters. The number of ether oxygens (including phenoxy) is 1. The van der Waals surface area contributed by atoms with Gasteiger partial charge in [-0.1, -0.05) is 11.6 Å². The molecule has 5 nitrogen and oxygen atoms in total. The lowest BCUT2D eigenvalue weighted by molar-refractivity contribution is -0.385. The van der Waals surface area contributed by atoms with Crippen LogP contribution in [-0.4, -0.2) is 9.91 Å². The van der Waals surface area contributed by atoms with Gasteiger partial charge in [0.2, 0.25) is 5.88 Å². The van der Waals surface area contributed by atoms with Gasteiger partial charge in [0.15, 0.2) is 0 Å². The van der Waals surface area contributed by atoms with Crippen molar-refractivity contribution in [2.24, 2.45) is 0 Å². The Bertz CT molecular complexity index is 649. The number of pyridine rings is 1. The standard InChI is InChI=1S/C12H8ClFN2O3/c1-7-4-9(2-3-11(7)14)19-12-10(13)5-8(6-15-12)16(17)18/h2-6H,1H3. The van der Waals surface area contributed by atoms with Crippen LogP contribution in [0, 0.1) is 22.9 Å². The smallest absolute Gasteiger partial charge is 0.289 e. The summed E-state index contributed by atoms with van der Waals surface area (Å²) in [6.07, 6.45) is 1.04. The topological polar surface area (TPSA) is 65.3 Å². The maximum Gasteiger partial charge on any atom is 0.289 e. The molecule has 2 rings (SSSR count). The summed E-state index contributed by atoms with van der Waals surface area (Å²) < 4.78 is 18.4. The van der Waals surface area contributed by atoms with Crippen molar-refractivity contribution in [3.05, 3.63) is 57.0 Å². The lowest BCUT2D eigenvalue weighted by Crippen LogP contribution is -1.93. The van der Waals surface area contributed by atoms with Crippen LogP contribution in [0.15, 0.2) is 30.5 Å². The normalized spacial score (nSPS) is 10.3. The minimum Gasteiger partial charge on any atom is -0.438 e. The number of aryl methyl sites for hydroxylation is 1. The summed E-state index contributed by atoms with van der Waals surface area (Å²) in [5, 5.41) is 10.5. The molecule has 0 amide bonds. The molecule has 0 saturated heterocycles. The van der Waals surface area contributed by atoms with E-state index in [0.29, 0.717) is 11.3 Å². The molecule has 1 aromatic heterocycles. The zero-order valence-corrected chi connectivity index (χ0v) is 10.5. The van der Waals surface area contributed by atoms with Gasteiger partial charge in [0.05, 0.1) is 4.92 Å². The highest BCUT2D eigenvalue weighted by atomic mass is 35.5. The predicted molar refractivity (Wildman–Crippen MR) is 67.1 cm³/mol. The average Bonchev–Trinajstić information content (AvgIpc) is 2.36. The van der Waals surface area contributed by atoms with Gasteiger partial charge in [0, 0.05) is 6.07 Å². The number of hydrogen-bond acceptors (Lipinski definition) is 4. The zero-order valence-electron chi connectivity index (χ0n) is 9.76. The van der Waals surface area contributed by atoms with E-state index in [1.165, 1.54) is 18.2 Å². The molecule has 0 saturated carbocycles. The van der Waals surface area contributed by atoms with Crippen molar-refractivity contribution in [1.29, 1.82) is 0 Å². The lowest BCUT2D eigenvalue weighted by atomic mass is 10.2. The van der Waals surface area contributed by atoms with Crippen LogP contribution in [0.2, 0.25) is 5.02 Å². The molecule has 0 bridgehead atoms. The SMILES string of the molecule is Cc1cc(Oc2ncc([N+](=O)[O-])cc2Cl)ccc1F. The third-order valence-corrected chi connectivity index (χ3v) is 2.62. The van der Waals surface area contributed by atoms with Gasteiger partial charge in [-0.3, -0.25) is 10.1 Å². The van der Waals surface area contributed by atoms with Crippen molar-refractivity contribution in [1.82, 2.24) is 4.98 Å². The van der Waals surface area contributed by atoms with Crippen molar-refractivity contribution < 1.29 is 14.1 Å². The van der Waals surface area contributed by atoms with E-state index in [2.05, 4.69) is 4.98 Å². The van der Waals surface area contributed by atoms with Crippen LogP contribution >= 0.6 is 11.6 Å². The molecule has 1 aromatic carbocycles. The third-order valence-electron chi connectivity index (χ3n) is 2.35. The summed E-state index contributed by atoms with van der Waals surface area (Å²) in [4.78, 5) is 13.7. The van der Waals surface area contributed by atoms with E-state index >= 15 is 0 Å². The fourth-order valence-electron chi connectivity index (χ4n) is 1.38. The van der Waals surface area contributed by atoms with Gasteiger partial charge in [-0.05, 0) is 30.7 Å². The van der Waals surface area contributed by atoms with Gasteiger partial charge >= 0.3 is 0 Å². The summed E-state index contributed by atoms with van der Waals surface area (Å²) in [6, 6.07) is 5.29. The Morgan fingerprint density at radius 3 is 2.74 bits per heavy atom. The van der Waals surface area contributed by atoms with Gasteiger partial charge in [0.25, 0.3) is 5.69 Å². The first-order valence-electron chi connectivity index (χ1n) is 5.21. The number of rotatable bonds is 3. The van der Waals surface area contributed by atoms with Gasteiger partial charge in [0.1, 0.15) is 22.8 Å². The summed E-state index contributed by atoms with van der Waals surface area (Å²) in [7, 11) is 0. The molecule has 0 aliphatic rings. The molecule has 0 atom stereocenters. The Labute approximate surface area is 112 Å². The molecule has 0 spiro atoms. The van der Waals surface area contributed by atoms with Crippen LogP contribution in [0.5, 0.6) is 11.6 Å². The molecule has 98 valence electrons. The lowest BCUT2D eigenvalue weighted by Gasteiger charge is -2.07. The Kier molecular flexibility index (Phi) is 3.62. The van der Waals surface area contributed by atoms with Crippen molar-refractivity contribution in [2.75, 3.05) is 0 Å². The van der Waals surface area contributed by atoms with Crippen LogP contribution in [0.4, 0.5) is 10.1 Å². The van der Waals surface area contributed by atoms with Crippen LogP contribution < -0.4 is 4.74 Å². The summed E-state index contributed by atoms with van der Waals surface area (Å²) in [5.41, 5.74) is 0.183. The van der Waals surface area contributed by atoms with Crippen molar-refractivity contribution >= 4 is 17.3 Å². The van der Waals surface area contributed by atoms with Gasteiger partial charge in [-0.15, -0.1) is 0 Å². The highest BCUT2D eigenvalue weighted by Gasteiger charge is 2.12. The largest absolute Gasteiger partial charge is 0.438 e. The number of benzene rings is 1. The molecule has 0 radical (unpaired) electrons. The van der Waals surface area contributed by atoms with Crippen LogP contribution in [0.1, 0.15) is 5.56 Å². The summed E-state index contributed by atoms with van der Waals surface area (Å²) in [6.45, 7) is 1.59. The van der Waals surface area contributed by atoms with Crippen LogP contribution in [0.25, 0.3) is 0 Å². The first kappa shape index (κ1) is 13.2. The fourth-order valence-corrected chi connectivity index (χ4v) is 1.58. The monoisotopic (exact) mass is 282 g/mol. The van der Waals surface area contributed by atoms with E-state index in [0.717, 1.165) is 12.3 Å². The van der Waals surface area contributed by atoms with Crippen molar-refractivity contribution in [2.45, 2.75) is 6.92 Å². The molecule has 2 aromatic rings. The van der Waals surface area contributed by atoms with E-state index in [-0.39, 0.29) is 22.4 Å². The first-order valence-corrected chi connectivity index (χ1v) is 5.59. The number of hydrogen-bond donors (Lipinski definition) is 0. The fraction of sp³-hybridized carbons (Fsp3) is 0.0833. The molecule has 7 heteroatoms.